The fraction of sp³-hybridized carbons (Fsp3) is 0.500. The number of carbonyl (C=O) groups excluding carboxylic acids is 2. The van der Waals surface area contributed by atoms with E-state index < -0.39 is 6.04 Å². The van der Waals surface area contributed by atoms with E-state index in [0.29, 0.717) is 17.9 Å². The van der Waals surface area contributed by atoms with Crippen molar-refractivity contribution in [3.05, 3.63) is 72.1 Å². The summed E-state index contributed by atoms with van der Waals surface area (Å²) in [4.78, 5) is 31.5. The van der Waals surface area contributed by atoms with E-state index in [1.165, 1.54) is 38.5 Å². The van der Waals surface area contributed by atoms with Crippen LogP contribution in [-0.2, 0) is 9.59 Å². The zero-order valence-corrected chi connectivity index (χ0v) is 26.7. The molecule has 0 fully saturated rings. The number of unbranched alkanes of at least 4 members (excludes halogenated alkanes) is 8. The van der Waals surface area contributed by atoms with E-state index >= 15 is 0 Å². The molecule has 0 saturated heterocycles. The average Bonchev–Trinajstić information content (AvgIpc) is 3.51. The van der Waals surface area contributed by atoms with E-state index in [2.05, 4.69) is 11.5 Å². The highest BCUT2D eigenvalue weighted by molar-refractivity contribution is 6.00. The summed E-state index contributed by atoms with van der Waals surface area (Å²) in [6, 6.07) is 17.1. The van der Waals surface area contributed by atoms with Crippen molar-refractivity contribution in [1.29, 1.82) is 0 Å². The summed E-state index contributed by atoms with van der Waals surface area (Å²) in [5, 5.41) is 0. The average molecular weight is 588 g/mol. The van der Waals surface area contributed by atoms with Gasteiger partial charge in [-0.05, 0) is 62.7 Å². The number of para-hydroxylation sites is 2. The molecule has 3 aromatic rings. The second-order valence-corrected chi connectivity index (χ2v) is 11.8. The van der Waals surface area contributed by atoms with Gasteiger partial charge in [-0.2, -0.15) is 0 Å². The van der Waals surface area contributed by atoms with Crippen molar-refractivity contribution in [2.75, 3.05) is 25.7 Å². The molecule has 7 heteroatoms. The molecule has 0 N–H and O–H groups in total. The van der Waals surface area contributed by atoms with Gasteiger partial charge in [0, 0.05) is 24.2 Å². The third kappa shape index (κ3) is 7.62. The fourth-order valence-electron chi connectivity index (χ4n) is 6.12. The first-order chi connectivity index (χ1) is 20.9. The summed E-state index contributed by atoms with van der Waals surface area (Å²) in [5.41, 5.74) is 3.48. The SMILES string of the molecule is CCCCCCCCCCCC(=O)N(CC(=O)N1c2ccccc2-n2cccc2C1c1cc(OC)ccc1OC)C(C)C. The van der Waals surface area contributed by atoms with Gasteiger partial charge in [0.15, 0.2) is 0 Å². The van der Waals surface area contributed by atoms with E-state index in [4.69, 9.17) is 9.47 Å². The van der Waals surface area contributed by atoms with Gasteiger partial charge in [0.2, 0.25) is 11.8 Å². The lowest BCUT2D eigenvalue weighted by Crippen LogP contribution is -2.48. The van der Waals surface area contributed by atoms with Gasteiger partial charge >= 0.3 is 0 Å². The van der Waals surface area contributed by atoms with Crippen molar-refractivity contribution >= 4 is 17.5 Å². The minimum atomic E-state index is -0.469. The summed E-state index contributed by atoms with van der Waals surface area (Å²) in [6.07, 6.45) is 13.3. The molecule has 4 rings (SSSR count). The summed E-state index contributed by atoms with van der Waals surface area (Å²) in [7, 11) is 3.27. The Kier molecular flexibility index (Phi) is 11.7. The molecule has 232 valence electrons. The maximum atomic E-state index is 14.4. The number of ether oxygens (including phenoxy) is 2. The minimum absolute atomic E-state index is 0.00571. The molecule has 0 spiro atoms. The van der Waals surface area contributed by atoms with Crippen molar-refractivity contribution in [2.24, 2.45) is 0 Å². The van der Waals surface area contributed by atoms with E-state index in [1.807, 2.05) is 79.5 Å². The van der Waals surface area contributed by atoms with Crippen LogP contribution in [0.1, 0.15) is 102 Å². The maximum Gasteiger partial charge on any atom is 0.247 e. The molecule has 1 aliphatic rings. The van der Waals surface area contributed by atoms with Crippen molar-refractivity contribution < 1.29 is 19.1 Å². The molecule has 2 amide bonds. The molecule has 1 atom stereocenters. The highest BCUT2D eigenvalue weighted by Crippen LogP contribution is 2.45. The molecule has 0 bridgehead atoms. The normalized spacial score (nSPS) is 13.9. The van der Waals surface area contributed by atoms with Gasteiger partial charge in [0.25, 0.3) is 0 Å². The molecule has 0 saturated carbocycles. The first kappa shape index (κ1) is 32.2. The van der Waals surface area contributed by atoms with E-state index in [1.54, 1.807) is 19.1 Å². The Morgan fingerprint density at radius 3 is 2.16 bits per heavy atom. The maximum absolute atomic E-state index is 14.4. The second kappa shape index (κ2) is 15.6. The highest BCUT2D eigenvalue weighted by Gasteiger charge is 2.38. The van der Waals surface area contributed by atoms with Crippen molar-refractivity contribution in [1.82, 2.24) is 9.47 Å². The number of hydrogen-bond donors (Lipinski definition) is 0. The Labute approximate surface area is 257 Å². The van der Waals surface area contributed by atoms with Crippen LogP contribution in [0.15, 0.2) is 60.8 Å². The zero-order chi connectivity index (χ0) is 30.8. The predicted octanol–water partition coefficient (Wildman–Crippen LogP) is 8.09. The molecule has 2 aromatic carbocycles. The van der Waals surface area contributed by atoms with E-state index in [0.717, 1.165) is 41.9 Å². The number of aromatic nitrogens is 1. The van der Waals surface area contributed by atoms with Gasteiger partial charge in [-0.1, -0.05) is 70.4 Å². The molecular formula is C36H49N3O4. The number of methoxy groups -OCH3 is 2. The van der Waals surface area contributed by atoms with Gasteiger partial charge in [-0.3, -0.25) is 14.5 Å². The number of amides is 2. The van der Waals surface area contributed by atoms with Crippen LogP contribution < -0.4 is 14.4 Å². The number of hydrogen-bond acceptors (Lipinski definition) is 4. The number of fused-ring (bicyclic) bond motifs is 3. The van der Waals surface area contributed by atoms with Gasteiger partial charge < -0.3 is 18.9 Å². The Hall–Kier alpha value is -3.74. The number of carbonyl (C=O) groups is 2. The van der Waals surface area contributed by atoms with Crippen molar-refractivity contribution in [3.63, 3.8) is 0 Å². The third-order valence-electron chi connectivity index (χ3n) is 8.46. The van der Waals surface area contributed by atoms with E-state index in [-0.39, 0.29) is 24.4 Å². The standard InChI is InChI=1S/C36H49N3O4/c1-6-7-8-9-10-11-12-13-14-21-34(40)38(27(2)3)26-35(41)39-31-19-16-15-18-30(31)37-24-17-20-32(37)36(39)29-25-28(42-4)22-23-33(29)43-5/h15-20,22-25,27,36H,6-14,21,26H2,1-5H3. The molecule has 2 heterocycles. The Morgan fingerprint density at radius 1 is 0.837 bits per heavy atom. The molecule has 1 aromatic heterocycles. The quantitative estimate of drug-likeness (QED) is 0.159. The summed E-state index contributed by atoms with van der Waals surface area (Å²) in [5.74, 6) is 1.25. The summed E-state index contributed by atoms with van der Waals surface area (Å²) in [6.45, 7) is 6.22. The lowest BCUT2D eigenvalue weighted by molar-refractivity contribution is -0.137. The summed E-state index contributed by atoms with van der Waals surface area (Å²) < 4.78 is 13.5. The monoisotopic (exact) mass is 587 g/mol. The number of benzene rings is 2. The smallest absolute Gasteiger partial charge is 0.247 e. The van der Waals surface area contributed by atoms with Gasteiger partial charge in [0.1, 0.15) is 24.1 Å². The Balaban J connectivity index is 1.55. The zero-order valence-electron chi connectivity index (χ0n) is 26.7. The fourth-order valence-corrected chi connectivity index (χ4v) is 6.12. The molecule has 43 heavy (non-hydrogen) atoms. The first-order valence-corrected chi connectivity index (χ1v) is 16.0. The Bertz CT molecular complexity index is 1350. The molecule has 1 unspecified atom stereocenters. The van der Waals surface area contributed by atoms with Crippen LogP contribution in [0.4, 0.5) is 5.69 Å². The lowest BCUT2D eigenvalue weighted by Gasteiger charge is -2.40. The molecule has 0 radical (unpaired) electrons. The second-order valence-electron chi connectivity index (χ2n) is 11.8. The summed E-state index contributed by atoms with van der Waals surface area (Å²) >= 11 is 0. The topological polar surface area (TPSA) is 64.0 Å². The number of nitrogens with zero attached hydrogens (tertiary/aromatic N) is 3. The van der Waals surface area contributed by atoms with Crippen LogP contribution in [0.2, 0.25) is 0 Å². The van der Waals surface area contributed by atoms with Crippen LogP contribution in [-0.4, -0.2) is 48.1 Å². The van der Waals surface area contributed by atoms with Gasteiger partial charge in [0.05, 0.1) is 31.3 Å². The lowest BCUT2D eigenvalue weighted by atomic mass is 9.96. The van der Waals surface area contributed by atoms with Crippen LogP contribution in [0, 0.1) is 0 Å². The molecule has 7 nitrogen and oxygen atoms in total. The number of rotatable bonds is 16. The van der Waals surface area contributed by atoms with Crippen LogP contribution in [0.5, 0.6) is 11.5 Å². The largest absolute Gasteiger partial charge is 0.497 e. The highest BCUT2D eigenvalue weighted by atomic mass is 16.5. The van der Waals surface area contributed by atoms with Crippen LogP contribution in [0.3, 0.4) is 0 Å². The molecular weight excluding hydrogens is 538 g/mol. The van der Waals surface area contributed by atoms with Crippen LogP contribution >= 0.6 is 0 Å². The molecule has 1 aliphatic heterocycles. The number of anilines is 1. The van der Waals surface area contributed by atoms with E-state index in [9.17, 15) is 9.59 Å². The first-order valence-electron chi connectivity index (χ1n) is 16.0. The molecule has 0 aliphatic carbocycles. The van der Waals surface area contributed by atoms with Crippen molar-refractivity contribution in [3.8, 4) is 17.2 Å². The van der Waals surface area contributed by atoms with Crippen molar-refractivity contribution in [2.45, 2.75) is 97.1 Å². The van der Waals surface area contributed by atoms with Crippen LogP contribution in [0.25, 0.3) is 5.69 Å². The van der Waals surface area contributed by atoms with Gasteiger partial charge in [-0.25, -0.2) is 0 Å². The Morgan fingerprint density at radius 2 is 1.51 bits per heavy atom. The third-order valence-corrected chi connectivity index (χ3v) is 8.46. The van der Waals surface area contributed by atoms with Gasteiger partial charge in [-0.15, -0.1) is 0 Å². The predicted molar refractivity (Wildman–Crippen MR) is 173 cm³/mol. The minimum Gasteiger partial charge on any atom is -0.497 e.